The monoisotopic (exact) mass is 256 g/mol. The SMILES string of the molecule is CCCCCCCCn1ccnc1-c1ccccc1. The summed E-state index contributed by atoms with van der Waals surface area (Å²) in [6.07, 6.45) is 12.0. The number of unbranched alkanes of at least 4 members (excludes halogenated alkanes) is 5. The van der Waals surface area contributed by atoms with Crippen LogP contribution in [0.4, 0.5) is 0 Å². The van der Waals surface area contributed by atoms with E-state index in [4.69, 9.17) is 0 Å². The highest BCUT2D eigenvalue weighted by atomic mass is 15.1. The molecule has 1 aromatic heterocycles. The predicted molar refractivity (Wildman–Crippen MR) is 81.0 cm³/mol. The number of hydrogen-bond acceptors (Lipinski definition) is 1. The Morgan fingerprint density at radius 2 is 1.68 bits per heavy atom. The fourth-order valence-electron chi connectivity index (χ4n) is 2.40. The van der Waals surface area contributed by atoms with E-state index in [9.17, 15) is 0 Å². The van der Waals surface area contributed by atoms with Gasteiger partial charge in [-0.25, -0.2) is 4.98 Å². The van der Waals surface area contributed by atoms with Crippen molar-refractivity contribution in [2.45, 2.75) is 52.0 Å². The second-order valence-electron chi connectivity index (χ2n) is 5.08. The molecule has 19 heavy (non-hydrogen) atoms. The van der Waals surface area contributed by atoms with Crippen molar-refractivity contribution in [3.63, 3.8) is 0 Å². The van der Waals surface area contributed by atoms with Crippen molar-refractivity contribution in [2.24, 2.45) is 0 Å². The zero-order chi connectivity index (χ0) is 13.3. The number of aromatic nitrogens is 2. The fraction of sp³-hybridized carbons (Fsp3) is 0.471. The van der Waals surface area contributed by atoms with Crippen LogP contribution < -0.4 is 0 Å². The van der Waals surface area contributed by atoms with Gasteiger partial charge in [0.1, 0.15) is 5.82 Å². The van der Waals surface area contributed by atoms with Crippen molar-refractivity contribution >= 4 is 0 Å². The molecular weight excluding hydrogens is 232 g/mol. The van der Waals surface area contributed by atoms with E-state index in [1.165, 1.54) is 44.1 Å². The van der Waals surface area contributed by atoms with Crippen molar-refractivity contribution in [1.29, 1.82) is 0 Å². The van der Waals surface area contributed by atoms with Crippen LogP contribution >= 0.6 is 0 Å². The van der Waals surface area contributed by atoms with Crippen molar-refractivity contribution in [1.82, 2.24) is 9.55 Å². The van der Waals surface area contributed by atoms with Crippen LogP contribution in [0.15, 0.2) is 42.7 Å². The Hall–Kier alpha value is -1.57. The maximum absolute atomic E-state index is 4.48. The molecule has 0 spiro atoms. The van der Waals surface area contributed by atoms with Crippen LogP contribution in [0.1, 0.15) is 45.4 Å². The van der Waals surface area contributed by atoms with E-state index in [1.807, 2.05) is 12.3 Å². The summed E-state index contributed by atoms with van der Waals surface area (Å²) in [7, 11) is 0. The lowest BCUT2D eigenvalue weighted by Crippen LogP contribution is -1.99. The molecule has 0 aliphatic rings. The van der Waals surface area contributed by atoms with Crippen LogP contribution in [0.2, 0.25) is 0 Å². The van der Waals surface area contributed by atoms with Crippen molar-refractivity contribution in [2.75, 3.05) is 0 Å². The molecule has 0 aliphatic heterocycles. The van der Waals surface area contributed by atoms with E-state index in [-0.39, 0.29) is 0 Å². The molecule has 0 saturated heterocycles. The Balaban J connectivity index is 1.83. The molecule has 2 nitrogen and oxygen atoms in total. The third-order valence-electron chi connectivity index (χ3n) is 3.50. The summed E-state index contributed by atoms with van der Waals surface area (Å²) < 4.78 is 2.27. The largest absolute Gasteiger partial charge is 0.331 e. The minimum Gasteiger partial charge on any atom is -0.331 e. The molecule has 102 valence electrons. The van der Waals surface area contributed by atoms with Crippen LogP contribution in [0.3, 0.4) is 0 Å². The minimum absolute atomic E-state index is 1.08. The Morgan fingerprint density at radius 1 is 0.947 bits per heavy atom. The predicted octanol–water partition coefficient (Wildman–Crippen LogP) is 4.91. The maximum atomic E-state index is 4.48. The number of nitrogens with zero attached hydrogens (tertiary/aromatic N) is 2. The Labute approximate surface area is 116 Å². The normalized spacial score (nSPS) is 10.8. The van der Waals surface area contributed by atoms with Crippen LogP contribution in [0.25, 0.3) is 11.4 Å². The first-order valence-corrected chi connectivity index (χ1v) is 7.48. The number of aryl methyl sites for hydroxylation is 1. The van der Waals surface area contributed by atoms with Crippen LogP contribution in [-0.4, -0.2) is 9.55 Å². The van der Waals surface area contributed by atoms with Gasteiger partial charge in [-0.05, 0) is 6.42 Å². The van der Waals surface area contributed by atoms with E-state index in [1.54, 1.807) is 0 Å². The molecule has 1 heterocycles. The first-order chi connectivity index (χ1) is 9.42. The molecule has 2 aromatic rings. The highest BCUT2D eigenvalue weighted by Gasteiger charge is 2.04. The summed E-state index contributed by atoms with van der Waals surface area (Å²) >= 11 is 0. The van der Waals surface area contributed by atoms with Gasteiger partial charge in [0.05, 0.1) is 0 Å². The fourth-order valence-corrected chi connectivity index (χ4v) is 2.40. The number of hydrogen-bond donors (Lipinski definition) is 0. The summed E-state index contributed by atoms with van der Waals surface area (Å²) in [5.74, 6) is 1.09. The summed E-state index contributed by atoms with van der Waals surface area (Å²) in [4.78, 5) is 4.48. The molecular formula is C17H24N2. The summed E-state index contributed by atoms with van der Waals surface area (Å²) in [6, 6.07) is 10.4. The van der Waals surface area contributed by atoms with E-state index in [0.29, 0.717) is 0 Å². The maximum Gasteiger partial charge on any atom is 0.139 e. The smallest absolute Gasteiger partial charge is 0.139 e. The second-order valence-corrected chi connectivity index (χ2v) is 5.08. The van der Waals surface area contributed by atoms with Crippen molar-refractivity contribution < 1.29 is 0 Å². The highest BCUT2D eigenvalue weighted by Crippen LogP contribution is 2.17. The molecule has 2 heteroatoms. The van der Waals surface area contributed by atoms with Crippen LogP contribution in [-0.2, 0) is 6.54 Å². The molecule has 0 amide bonds. The molecule has 0 radical (unpaired) electrons. The lowest BCUT2D eigenvalue weighted by atomic mass is 10.1. The van der Waals surface area contributed by atoms with Gasteiger partial charge in [0.25, 0.3) is 0 Å². The lowest BCUT2D eigenvalue weighted by molar-refractivity contribution is 0.560. The zero-order valence-corrected chi connectivity index (χ0v) is 11.9. The average molecular weight is 256 g/mol. The molecule has 2 rings (SSSR count). The van der Waals surface area contributed by atoms with E-state index in [0.717, 1.165) is 12.4 Å². The molecule has 0 fully saturated rings. The number of imidazole rings is 1. The summed E-state index contributed by atoms with van der Waals surface area (Å²) in [6.45, 7) is 3.34. The third-order valence-corrected chi connectivity index (χ3v) is 3.50. The van der Waals surface area contributed by atoms with Gasteiger partial charge >= 0.3 is 0 Å². The molecule has 0 saturated carbocycles. The topological polar surface area (TPSA) is 17.8 Å². The standard InChI is InChI=1S/C17H24N2/c1-2-3-4-5-6-10-14-19-15-13-18-17(19)16-11-8-7-9-12-16/h7-9,11-13,15H,2-6,10,14H2,1H3. The number of benzene rings is 1. The Bertz CT molecular complexity index is 459. The molecule has 0 atom stereocenters. The van der Waals surface area contributed by atoms with Gasteiger partial charge < -0.3 is 4.57 Å². The van der Waals surface area contributed by atoms with Gasteiger partial charge in [0.2, 0.25) is 0 Å². The Morgan fingerprint density at radius 3 is 2.47 bits per heavy atom. The minimum atomic E-state index is 1.08. The van der Waals surface area contributed by atoms with Crippen LogP contribution in [0, 0.1) is 0 Å². The van der Waals surface area contributed by atoms with Gasteiger partial charge in [-0.2, -0.15) is 0 Å². The van der Waals surface area contributed by atoms with Crippen LogP contribution in [0.5, 0.6) is 0 Å². The first-order valence-electron chi connectivity index (χ1n) is 7.48. The van der Waals surface area contributed by atoms with Gasteiger partial charge in [-0.1, -0.05) is 69.4 Å². The van der Waals surface area contributed by atoms with Crippen molar-refractivity contribution in [3.05, 3.63) is 42.7 Å². The first kappa shape index (κ1) is 13.9. The summed E-state index contributed by atoms with van der Waals surface area (Å²) in [5, 5.41) is 0. The Kier molecular flexibility index (Phi) is 5.67. The zero-order valence-electron chi connectivity index (χ0n) is 11.9. The molecule has 0 aliphatic carbocycles. The molecule has 1 aromatic carbocycles. The van der Waals surface area contributed by atoms with E-state index >= 15 is 0 Å². The van der Waals surface area contributed by atoms with Gasteiger partial charge in [0.15, 0.2) is 0 Å². The van der Waals surface area contributed by atoms with E-state index in [2.05, 4.69) is 46.9 Å². The quantitative estimate of drug-likeness (QED) is 0.613. The van der Waals surface area contributed by atoms with E-state index < -0.39 is 0 Å². The van der Waals surface area contributed by atoms with Crippen molar-refractivity contribution in [3.8, 4) is 11.4 Å². The van der Waals surface area contributed by atoms with Gasteiger partial charge in [-0.15, -0.1) is 0 Å². The lowest BCUT2D eigenvalue weighted by Gasteiger charge is -2.07. The molecule has 0 N–H and O–H groups in total. The average Bonchev–Trinajstić information content (AvgIpc) is 2.92. The summed E-state index contributed by atoms with van der Waals surface area (Å²) in [5.41, 5.74) is 1.21. The number of rotatable bonds is 8. The van der Waals surface area contributed by atoms with Gasteiger partial charge in [0, 0.05) is 24.5 Å². The second kappa shape index (κ2) is 7.78. The van der Waals surface area contributed by atoms with Gasteiger partial charge in [-0.3, -0.25) is 0 Å². The third kappa shape index (κ3) is 4.23. The highest BCUT2D eigenvalue weighted by molar-refractivity contribution is 5.54. The molecule has 0 bridgehead atoms. The molecule has 0 unspecified atom stereocenters.